The normalized spacial score (nSPS) is 10.8. The minimum absolute atomic E-state index is 0.944. The number of nitrogens with one attached hydrogen (secondary N) is 1. The van der Waals surface area contributed by atoms with Crippen LogP contribution in [0.15, 0.2) is 6.20 Å². The van der Waals surface area contributed by atoms with Crippen LogP contribution in [0.2, 0.25) is 0 Å². The minimum atomic E-state index is 0.944. The lowest BCUT2D eigenvalue weighted by atomic mass is 10.2. The first kappa shape index (κ1) is 11.2. The first-order chi connectivity index (χ1) is 6.79. The summed E-state index contributed by atoms with van der Waals surface area (Å²) in [5, 5.41) is 7.75. The topological polar surface area (TPSA) is 29.9 Å². The Kier molecular flexibility index (Phi) is 4.66. The van der Waals surface area contributed by atoms with Crippen LogP contribution in [0.25, 0.3) is 0 Å². The number of nitrogens with zero attached hydrogens (tertiary/aromatic N) is 2. The van der Waals surface area contributed by atoms with E-state index < -0.39 is 0 Å². The van der Waals surface area contributed by atoms with E-state index in [2.05, 4.69) is 35.9 Å². The number of aryl methyl sites for hydroxylation is 2. The molecule has 3 nitrogen and oxygen atoms in total. The van der Waals surface area contributed by atoms with Crippen LogP contribution in [-0.2, 0) is 13.1 Å². The molecule has 0 unspecified atom stereocenters. The smallest absolute Gasteiger partial charge is 0.0551 e. The first-order valence-corrected chi connectivity index (χ1v) is 5.51. The van der Waals surface area contributed by atoms with Gasteiger partial charge in [-0.3, -0.25) is 4.68 Å². The molecule has 1 aromatic heterocycles. The molecule has 0 atom stereocenters. The number of rotatable bonds is 6. The zero-order chi connectivity index (χ0) is 10.4. The molecule has 1 rings (SSSR count). The molecular formula is C11H21N3. The molecule has 0 bridgehead atoms. The zero-order valence-corrected chi connectivity index (χ0v) is 9.51. The molecule has 0 aliphatic rings. The molecule has 0 fully saturated rings. The Hall–Kier alpha value is -0.830. The Morgan fingerprint density at radius 1 is 1.43 bits per heavy atom. The molecule has 0 aromatic carbocycles. The third-order valence-electron chi connectivity index (χ3n) is 2.46. The largest absolute Gasteiger partial charge is 0.311 e. The first-order valence-electron chi connectivity index (χ1n) is 5.51. The van der Waals surface area contributed by atoms with Crippen LogP contribution < -0.4 is 5.32 Å². The molecule has 0 amide bonds. The predicted molar refractivity (Wildman–Crippen MR) is 59.3 cm³/mol. The van der Waals surface area contributed by atoms with Crippen molar-refractivity contribution < 1.29 is 0 Å². The van der Waals surface area contributed by atoms with Gasteiger partial charge >= 0.3 is 0 Å². The van der Waals surface area contributed by atoms with Gasteiger partial charge in [0, 0.05) is 13.1 Å². The Balaban J connectivity index is 2.44. The van der Waals surface area contributed by atoms with Crippen LogP contribution in [0.5, 0.6) is 0 Å². The number of aromatic nitrogens is 2. The summed E-state index contributed by atoms with van der Waals surface area (Å²) < 4.78 is 2.06. The predicted octanol–water partition coefficient (Wildman–Crippen LogP) is 2.10. The SMILES string of the molecule is CCCCNCc1c(C)cnn1CC. The highest BCUT2D eigenvalue weighted by Gasteiger charge is 2.04. The van der Waals surface area contributed by atoms with E-state index in [0.29, 0.717) is 0 Å². The van der Waals surface area contributed by atoms with Crippen molar-refractivity contribution in [3.8, 4) is 0 Å². The summed E-state index contributed by atoms with van der Waals surface area (Å²) in [5.74, 6) is 0. The summed E-state index contributed by atoms with van der Waals surface area (Å²) in [6.07, 6.45) is 4.44. The van der Waals surface area contributed by atoms with Crippen molar-refractivity contribution in [1.29, 1.82) is 0 Å². The van der Waals surface area contributed by atoms with Crippen LogP contribution in [0.1, 0.15) is 37.9 Å². The van der Waals surface area contributed by atoms with Gasteiger partial charge < -0.3 is 5.32 Å². The molecule has 3 heteroatoms. The molecule has 1 N–H and O–H groups in total. The molecule has 14 heavy (non-hydrogen) atoms. The lowest BCUT2D eigenvalue weighted by molar-refractivity contribution is 0.569. The quantitative estimate of drug-likeness (QED) is 0.704. The third-order valence-corrected chi connectivity index (χ3v) is 2.46. The Morgan fingerprint density at radius 3 is 2.86 bits per heavy atom. The molecule has 0 spiro atoms. The molecule has 0 radical (unpaired) electrons. The van der Waals surface area contributed by atoms with Gasteiger partial charge in [-0.05, 0) is 32.4 Å². The van der Waals surface area contributed by atoms with Crippen molar-refractivity contribution in [2.75, 3.05) is 6.54 Å². The van der Waals surface area contributed by atoms with Gasteiger partial charge in [0.2, 0.25) is 0 Å². The van der Waals surface area contributed by atoms with Gasteiger partial charge in [0.1, 0.15) is 0 Å². The van der Waals surface area contributed by atoms with Crippen LogP contribution in [-0.4, -0.2) is 16.3 Å². The summed E-state index contributed by atoms with van der Waals surface area (Å²) >= 11 is 0. The van der Waals surface area contributed by atoms with Crippen molar-refractivity contribution in [3.63, 3.8) is 0 Å². The van der Waals surface area contributed by atoms with Crippen LogP contribution in [0, 0.1) is 6.92 Å². The maximum Gasteiger partial charge on any atom is 0.0551 e. The van der Waals surface area contributed by atoms with Gasteiger partial charge in [-0.25, -0.2) is 0 Å². The fourth-order valence-electron chi connectivity index (χ4n) is 1.52. The second kappa shape index (κ2) is 5.81. The van der Waals surface area contributed by atoms with Crippen LogP contribution in [0.3, 0.4) is 0 Å². The molecule has 1 aromatic rings. The van der Waals surface area contributed by atoms with Gasteiger partial charge in [-0.15, -0.1) is 0 Å². The maximum atomic E-state index is 4.31. The fourth-order valence-corrected chi connectivity index (χ4v) is 1.52. The second-order valence-electron chi connectivity index (χ2n) is 3.62. The summed E-state index contributed by atoms with van der Waals surface area (Å²) in [6.45, 7) is 9.46. The minimum Gasteiger partial charge on any atom is -0.311 e. The average molecular weight is 195 g/mol. The van der Waals surface area contributed by atoms with Crippen molar-refractivity contribution in [3.05, 3.63) is 17.5 Å². The summed E-state index contributed by atoms with van der Waals surface area (Å²) in [4.78, 5) is 0. The molecule has 0 saturated carbocycles. The van der Waals surface area contributed by atoms with E-state index in [9.17, 15) is 0 Å². The van der Waals surface area contributed by atoms with E-state index in [1.807, 2.05) is 6.20 Å². The maximum absolute atomic E-state index is 4.31. The fraction of sp³-hybridized carbons (Fsp3) is 0.727. The molecule has 80 valence electrons. The molecular weight excluding hydrogens is 174 g/mol. The van der Waals surface area contributed by atoms with Gasteiger partial charge in [-0.1, -0.05) is 13.3 Å². The lowest BCUT2D eigenvalue weighted by Crippen LogP contribution is -2.18. The van der Waals surface area contributed by atoms with Gasteiger partial charge in [0.25, 0.3) is 0 Å². The third kappa shape index (κ3) is 2.84. The van der Waals surface area contributed by atoms with Crippen LogP contribution >= 0.6 is 0 Å². The molecule has 0 aliphatic heterocycles. The Bertz CT molecular complexity index is 265. The van der Waals surface area contributed by atoms with Crippen molar-refractivity contribution in [2.24, 2.45) is 0 Å². The lowest BCUT2D eigenvalue weighted by Gasteiger charge is -2.07. The zero-order valence-electron chi connectivity index (χ0n) is 9.51. The van der Waals surface area contributed by atoms with Gasteiger partial charge in [-0.2, -0.15) is 5.10 Å². The van der Waals surface area contributed by atoms with Crippen LogP contribution in [0.4, 0.5) is 0 Å². The van der Waals surface area contributed by atoms with E-state index >= 15 is 0 Å². The second-order valence-corrected chi connectivity index (χ2v) is 3.62. The Morgan fingerprint density at radius 2 is 2.21 bits per heavy atom. The highest BCUT2D eigenvalue weighted by molar-refractivity contribution is 5.15. The summed E-state index contributed by atoms with van der Waals surface area (Å²) in [5.41, 5.74) is 2.61. The van der Waals surface area contributed by atoms with Crippen molar-refractivity contribution in [2.45, 2.75) is 46.7 Å². The van der Waals surface area contributed by atoms with Gasteiger partial charge in [0.05, 0.1) is 11.9 Å². The standard InChI is InChI=1S/C11H21N3/c1-4-6-7-12-9-11-10(3)8-13-14(11)5-2/h8,12H,4-7,9H2,1-3H3. The average Bonchev–Trinajstić information content (AvgIpc) is 2.55. The number of hydrogen-bond acceptors (Lipinski definition) is 2. The highest BCUT2D eigenvalue weighted by atomic mass is 15.3. The van der Waals surface area contributed by atoms with Crippen molar-refractivity contribution >= 4 is 0 Å². The molecule has 0 aliphatic carbocycles. The molecule has 1 heterocycles. The number of hydrogen-bond donors (Lipinski definition) is 1. The van der Waals surface area contributed by atoms with E-state index in [-0.39, 0.29) is 0 Å². The number of unbranched alkanes of at least 4 members (excludes halogenated alkanes) is 1. The van der Waals surface area contributed by atoms with E-state index in [4.69, 9.17) is 0 Å². The summed E-state index contributed by atoms with van der Waals surface area (Å²) in [6, 6.07) is 0. The monoisotopic (exact) mass is 195 g/mol. The van der Waals surface area contributed by atoms with E-state index in [1.165, 1.54) is 24.1 Å². The van der Waals surface area contributed by atoms with Crippen molar-refractivity contribution in [1.82, 2.24) is 15.1 Å². The summed E-state index contributed by atoms with van der Waals surface area (Å²) in [7, 11) is 0. The highest BCUT2D eigenvalue weighted by Crippen LogP contribution is 2.06. The van der Waals surface area contributed by atoms with E-state index in [1.54, 1.807) is 0 Å². The Labute approximate surface area is 86.5 Å². The van der Waals surface area contributed by atoms with E-state index in [0.717, 1.165) is 19.6 Å². The molecule has 0 saturated heterocycles. The van der Waals surface area contributed by atoms with Gasteiger partial charge in [0.15, 0.2) is 0 Å².